The molecule has 2 saturated carbocycles. The fraction of sp³-hybridized carbons (Fsp3) is 0.900. The van der Waals surface area contributed by atoms with Crippen LogP contribution in [0.4, 0.5) is 0 Å². The normalized spacial score (nSPS) is 30.2. The van der Waals surface area contributed by atoms with Gasteiger partial charge in [-0.25, -0.2) is 0 Å². The predicted octanol–water partition coefficient (Wildman–Crippen LogP) is 2.44. The van der Waals surface area contributed by atoms with E-state index >= 15 is 0 Å². The second kappa shape index (κ2) is 8.52. The zero-order valence-corrected chi connectivity index (χ0v) is 15.7. The zero-order chi connectivity index (χ0) is 17.8. The van der Waals surface area contributed by atoms with Crippen molar-refractivity contribution in [1.29, 1.82) is 0 Å². The Morgan fingerprint density at radius 1 is 0.920 bits per heavy atom. The van der Waals surface area contributed by atoms with Gasteiger partial charge in [0.1, 0.15) is 0 Å². The van der Waals surface area contributed by atoms with Crippen molar-refractivity contribution in [2.45, 2.75) is 83.2 Å². The molecule has 1 atom stereocenters. The smallest absolute Gasteiger partial charge is 0.225 e. The molecule has 5 heteroatoms. The van der Waals surface area contributed by atoms with Crippen LogP contribution in [-0.2, 0) is 9.59 Å². The molecule has 3 rings (SSSR count). The van der Waals surface area contributed by atoms with Crippen LogP contribution in [0.3, 0.4) is 0 Å². The molecule has 0 spiro atoms. The van der Waals surface area contributed by atoms with Crippen LogP contribution in [0.15, 0.2) is 0 Å². The standard InChI is InChI=1S/C20H35N3O2/c1-14(21)15-10-12-23(13-11-15)20(25)17-6-8-18(9-7-17)22-19(24)16-4-2-3-5-16/h14-18H,2-13,21H2,1H3,(H,22,24). The van der Waals surface area contributed by atoms with Gasteiger partial charge in [-0.05, 0) is 64.2 Å². The fourth-order valence-electron chi connectivity index (χ4n) is 4.90. The average molecular weight is 350 g/mol. The van der Waals surface area contributed by atoms with Gasteiger partial charge in [-0.15, -0.1) is 0 Å². The van der Waals surface area contributed by atoms with Crippen LogP contribution in [0.5, 0.6) is 0 Å². The Morgan fingerprint density at radius 2 is 1.52 bits per heavy atom. The Balaban J connectivity index is 1.40. The Hall–Kier alpha value is -1.10. The van der Waals surface area contributed by atoms with Gasteiger partial charge >= 0.3 is 0 Å². The number of nitrogens with one attached hydrogen (secondary N) is 1. The summed E-state index contributed by atoms with van der Waals surface area (Å²) in [6, 6.07) is 0.511. The molecule has 5 nitrogen and oxygen atoms in total. The number of carbonyl (C=O) groups is 2. The molecule has 1 unspecified atom stereocenters. The van der Waals surface area contributed by atoms with Gasteiger partial charge in [0.05, 0.1) is 0 Å². The van der Waals surface area contributed by atoms with E-state index in [-0.39, 0.29) is 29.8 Å². The lowest BCUT2D eigenvalue weighted by Crippen LogP contribution is -2.47. The van der Waals surface area contributed by atoms with E-state index in [0.29, 0.717) is 11.8 Å². The number of rotatable bonds is 4. The molecule has 2 aliphatic carbocycles. The lowest BCUT2D eigenvalue weighted by atomic mass is 9.83. The van der Waals surface area contributed by atoms with E-state index in [1.165, 1.54) is 12.8 Å². The van der Waals surface area contributed by atoms with Crippen LogP contribution in [-0.4, -0.2) is 41.9 Å². The van der Waals surface area contributed by atoms with Crippen molar-refractivity contribution in [2.75, 3.05) is 13.1 Å². The Bertz CT molecular complexity index is 458. The maximum Gasteiger partial charge on any atom is 0.225 e. The van der Waals surface area contributed by atoms with Crippen molar-refractivity contribution < 1.29 is 9.59 Å². The molecule has 0 aromatic rings. The van der Waals surface area contributed by atoms with E-state index in [1.807, 2.05) is 0 Å². The Morgan fingerprint density at radius 3 is 2.08 bits per heavy atom. The molecule has 1 saturated heterocycles. The summed E-state index contributed by atoms with van der Waals surface area (Å²) in [6.45, 7) is 3.80. The summed E-state index contributed by atoms with van der Waals surface area (Å²) < 4.78 is 0. The lowest BCUT2D eigenvalue weighted by molar-refractivity contribution is -0.138. The van der Waals surface area contributed by atoms with E-state index in [2.05, 4.69) is 17.1 Å². The summed E-state index contributed by atoms with van der Waals surface area (Å²) in [4.78, 5) is 27.1. The van der Waals surface area contributed by atoms with Crippen LogP contribution in [0, 0.1) is 17.8 Å². The summed E-state index contributed by atoms with van der Waals surface area (Å²) in [6.07, 6.45) is 10.3. The highest BCUT2D eigenvalue weighted by Gasteiger charge is 2.33. The van der Waals surface area contributed by atoms with E-state index in [4.69, 9.17) is 5.73 Å². The van der Waals surface area contributed by atoms with Crippen molar-refractivity contribution in [3.63, 3.8) is 0 Å². The molecule has 0 radical (unpaired) electrons. The number of hydrogen-bond acceptors (Lipinski definition) is 3. The molecule has 2 amide bonds. The first-order valence-electron chi connectivity index (χ1n) is 10.4. The highest BCUT2D eigenvalue weighted by Crippen LogP contribution is 2.30. The molecule has 142 valence electrons. The highest BCUT2D eigenvalue weighted by molar-refractivity contribution is 5.80. The van der Waals surface area contributed by atoms with Crippen LogP contribution >= 0.6 is 0 Å². The van der Waals surface area contributed by atoms with Crippen molar-refractivity contribution in [3.05, 3.63) is 0 Å². The Kier molecular flexibility index (Phi) is 6.37. The van der Waals surface area contributed by atoms with Crippen molar-refractivity contribution >= 4 is 11.8 Å². The first kappa shape index (κ1) is 18.7. The third-order valence-electron chi connectivity index (χ3n) is 6.74. The number of piperidine rings is 1. The summed E-state index contributed by atoms with van der Waals surface area (Å²) in [7, 11) is 0. The van der Waals surface area contributed by atoms with Gasteiger partial charge in [-0.3, -0.25) is 9.59 Å². The van der Waals surface area contributed by atoms with Gasteiger partial charge in [-0.1, -0.05) is 12.8 Å². The SMILES string of the molecule is CC(N)C1CCN(C(=O)C2CCC(NC(=O)C3CCCC3)CC2)CC1. The summed E-state index contributed by atoms with van der Waals surface area (Å²) >= 11 is 0. The van der Waals surface area contributed by atoms with Crippen molar-refractivity contribution in [2.24, 2.45) is 23.5 Å². The topological polar surface area (TPSA) is 75.4 Å². The van der Waals surface area contributed by atoms with Crippen LogP contribution in [0.25, 0.3) is 0 Å². The van der Waals surface area contributed by atoms with Gasteiger partial charge < -0.3 is 16.0 Å². The maximum atomic E-state index is 12.8. The van der Waals surface area contributed by atoms with Crippen LogP contribution in [0.1, 0.15) is 71.1 Å². The minimum absolute atomic E-state index is 0.159. The summed E-state index contributed by atoms with van der Waals surface area (Å²) in [5.41, 5.74) is 5.99. The third kappa shape index (κ3) is 4.75. The van der Waals surface area contributed by atoms with E-state index in [1.54, 1.807) is 0 Å². The van der Waals surface area contributed by atoms with Gasteiger partial charge in [0.2, 0.25) is 11.8 Å². The number of nitrogens with two attached hydrogens (primary N) is 1. The van der Waals surface area contributed by atoms with Crippen molar-refractivity contribution in [1.82, 2.24) is 10.2 Å². The second-order valence-corrected chi connectivity index (χ2v) is 8.56. The minimum atomic E-state index is 0.159. The third-order valence-corrected chi connectivity index (χ3v) is 6.74. The molecular weight excluding hydrogens is 314 g/mol. The first-order valence-corrected chi connectivity index (χ1v) is 10.4. The summed E-state index contributed by atoms with van der Waals surface area (Å²) in [5.74, 6) is 1.55. The van der Waals surface area contributed by atoms with Crippen LogP contribution < -0.4 is 11.1 Å². The lowest BCUT2D eigenvalue weighted by Gasteiger charge is -2.37. The molecule has 0 aromatic heterocycles. The van der Waals surface area contributed by atoms with Gasteiger partial charge in [0.25, 0.3) is 0 Å². The first-order chi connectivity index (χ1) is 12.0. The molecule has 3 aliphatic rings. The highest BCUT2D eigenvalue weighted by atomic mass is 16.2. The molecule has 1 aliphatic heterocycles. The average Bonchev–Trinajstić information content (AvgIpc) is 3.17. The molecule has 0 bridgehead atoms. The number of nitrogens with zero attached hydrogens (tertiary/aromatic N) is 1. The van der Waals surface area contributed by atoms with E-state index in [9.17, 15) is 9.59 Å². The van der Waals surface area contributed by atoms with Crippen molar-refractivity contribution in [3.8, 4) is 0 Å². The zero-order valence-electron chi connectivity index (χ0n) is 15.7. The second-order valence-electron chi connectivity index (χ2n) is 8.56. The van der Waals surface area contributed by atoms with Gasteiger partial charge in [0, 0.05) is 37.0 Å². The van der Waals surface area contributed by atoms with Gasteiger partial charge in [-0.2, -0.15) is 0 Å². The van der Waals surface area contributed by atoms with Gasteiger partial charge in [0.15, 0.2) is 0 Å². The number of likely N-dealkylation sites (tertiary alicyclic amines) is 1. The quantitative estimate of drug-likeness (QED) is 0.818. The largest absolute Gasteiger partial charge is 0.353 e. The summed E-state index contributed by atoms with van der Waals surface area (Å²) in [5, 5.41) is 3.24. The number of amides is 2. The fourth-order valence-corrected chi connectivity index (χ4v) is 4.90. The minimum Gasteiger partial charge on any atom is -0.353 e. The van der Waals surface area contributed by atoms with E-state index in [0.717, 1.165) is 64.5 Å². The number of carbonyl (C=O) groups excluding carboxylic acids is 2. The molecule has 3 N–H and O–H groups in total. The molecule has 1 heterocycles. The van der Waals surface area contributed by atoms with Crippen LogP contribution in [0.2, 0.25) is 0 Å². The number of hydrogen-bond donors (Lipinski definition) is 2. The molecule has 0 aromatic carbocycles. The predicted molar refractivity (Wildman–Crippen MR) is 98.8 cm³/mol. The maximum absolute atomic E-state index is 12.8. The Labute approximate surface area is 152 Å². The molecular formula is C20H35N3O2. The molecule has 25 heavy (non-hydrogen) atoms. The molecule has 3 fully saturated rings. The van der Waals surface area contributed by atoms with E-state index < -0.39 is 0 Å². The monoisotopic (exact) mass is 349 g/mol.